The van der Waals surface area contributed by atoms with E-state index in [2.05, 4.69) is 81.3 Å². The minimum Gasteiger partial charge on any atom is -0.453 e. The highest BCUT2D eigenvalue weighted by Gasteiger charge is 2.55. The van der Waals surface area contributed by atoms with Gasteiger partial charge in [-0.25, -0.2) is 19.6 Å². The van der Waals surface area contributed by atoms with E-state index in [9.17, 15) is 19.2 Å². The molecule has 4 amide bonds. The van der Waals surface area contributed by atoms with Gasteiger partial charge in [0, 0.05) is 18.2 Å². The molecule has 4 N–H and O–H groups in total. The average molecular weight is 943 g/mol. The SMILES string of the molecule is COC(=O)NC(C(=O)N1CC2(CC2)C[C@H]1c1ncc(-c2ccc3cc(-c4ccc(-c5cnc([C@@H]6[C@H]7CC[C@H](C7)N6C(=O)[C@@H](NC(=O)OCC6CCCC6)C(C)C)[nH]5)cc4)ccc3c2)[nH]1)c1ccccc1. The fourth-order valence-corrected chi connectivity index (χ4v) is 11.9. The summed E-state index contributed by atoms with van der Waals surface area (Å²) in [6.07, 6.45) is 13.0. The Morgan fingerprint density at radius 1 is 0.743 bits per heavy atom. The maximum Gasteiger partial charge on any atom is 0.407 e. The van der Waals surface area contributed by atoms with Gasteiger partial charge in [0.2, 0.25) is 5.91 Å². The first-order valence-corrected chi connectivity index (χ1v) is 25.2. The van der Waals surface area contributed by atoms with Crippen LogP contribution >= 0.6 is 0 Å². The van der Waals surface area contributed by atoms with Crippen LogP contribution in [0, 0.1) is 23.2 Å². The first kappa shape index (κ1) is 45.5. The summed E-state index contributed by atoms with van der Waals surface area (Å²) in [5, 5.41) is 7.92. The van der Waals surface area contributed by atoms with Crippen LogP contribution in [0.5, 0.6) is 0 Å². The normalized spacial score (nSPS) is 22.2. The zero-order valence-corrected chi connectivity index (χ0v) is 40.2. The molecule has 6 atom stereocenters. The standard InChI is InChI=1S/C56H62N8O6/c1-33(2)47(61-55(68)70-31-34-9-7-8-10-34)53(66)64-43-22-21-42(27-43)49(64)51-58-29-44(60-51)36-15-13-35(14-16-36)38-17-18-40-26-41(20-19-39(40)25-38)45-30-57-50(59-45)46-28-56(23-24-56)32-63(46)52(65)48(62-54(67)69-3)37-11-5-4-6-12-37/h4-6,11-20,25-26,29-30,33-34,42-43,46-49H,7-10,21-24,27-28,31-32H2,1-3H3,(H,57,59)(H,58,60)(H,61,68)(H,62,67)/t42-,43+,46-,47-,48?,49-/m0/s1. The molecule has 3 aliphatic carbocycles. The summed E-state index contributed by atoms with van der Waals surface area (Å²) in [5.41, 5.74) is 6.73. The molecule has 2 aromatic heterocycles. The number of ether oxygens (including phenoxy) is 2. The molecule has 14 heteroatoms. The lowest BCUT2D eigenvalue weighted by Crippen LogP contribution is -2.54. The number of fused-ring (bicyclic) bond motifs is 3. The van der Waals surface area contributed by atoms with Crippen LogP contribution in [0.15, 0.2) is 103 Å². The molecule has 2 aliphatic heterocycles. The van der Waals surface area contributed by atoms with Gasteiger partial charge in [0.1, 0.15) is 23.7 Å². The second-order valence-corrected chi connectivity index (χ2v) is 20.9. The second kappa shape index (κ2) is 18.7. The zero-order valence-electron chi connectivity index (χ0n) is 40.2. The molecule has 11 rings (SSSR count). The van der Waals surface area contributed by atoms with Gasteiger partial charge < -0.3 is 39.9 Å². The van der Waals surface area contributed by atoms with Crippen molar-refractivity contribution in [2.45, 2.75) is 108 Å². The van der Waals surface area contributed by atoms with E-state index < -0.39 is 24.3 Å². The number of H-pyrrole nitrogens is 2. The Balaban J connectivity index is 0.764. The van der Waals surface area contributed by atoms with Gasteiger partial charge in [-0.2, -0.15) is 0 Å². The minimum atomic E-state index is -0.881. The molecule has 5 aliphatic rings. The third-order valence-electron chi connectivity index (χ3n) is 16.0. The van der Waals surface area contributed by atoms with E-state index in [1.54, 1.807) is 0 Å². The highest BCUT2D eigenvalue weighted by Crippen LogP contribution is 2.58. The maximum absolute atomic E-state index is 14.3. The van der Waals surface area contributed by atoms with Gasteiger partial charge >= 0.3 is 12.2 Å². The molecule has 1 spiro atoms. The highest BCUT2D eigenvalue weighted by atomic mass is 16.5. The van der Waals surface area contributed by atoms with Crippen LogP contribution in [0.1, 0.15) is 113 Å². The van der Waals surface area contributed by atoms with Crippen LogP contribution in [-0.4, -0.2) is 86.1 Å². The fraction of sp³-hybridized carbons (Fsp3) is 0.429. The number of rotatable bonds is 13. The van der Waals surface area contributed by atoms with E-state index in [0.29, 0.717) is 30.6 Å². The van der Waals surface area contributed by atoms with Gasteiger partial charge in [0.25, 0.3) is 5.91 Å². The van der Waals surface area contributed by atoms with Crippen LogP contribution < -0.4 is 10.6 Å². The molecular weight excluding hydrogens is 881 g/mol. The molecule has 6 aromatic rings. The molecule has 4 heterocycles. The van der Waals surface area contributed by atoms with E-state index in [-0.39, 0.29) is 41.3 Å². The predicted molar refractivity (Wildman–Crippen MR) is 266 cm³/mol. The number of piperidine rings is 1. The van der Waals surface area contributed by atoms with Gasteiger partial charge in [-0.1, -0.05) is 106 Å². The number of likely N-dealkylation sites (tertiary alicyclic amines) is 2. The summed E-state index contributed by atoms with van der Waals surface area (Å²) in [7, 11) is 1.30. The van der Waals surface area contributed by atoms with Crippen LogP contribution in [0.2, 0.25) is 0 Å². The molecule has 362 valence electrons. The average Bonchev–Trinajstić information content (AvgIpc) is 4.15. The third-order valence-corrected chi connectivity index (χ3v) is 16.0. The highest BCUT2D eigenvalue weighted by molar-refractivity contribution is 5.91. The topological polar surface area (TPSA) is 175 Å². The van der Waals surface area contributed by atoms with Crippen LogP contribution in [0.3, 0.4) is 0 Å². The minimum absolute atomic E-state index is 0.0627. The zero-order chi connectivity index (χ0) is 48.1. The number of hydrogen-bond donors (Lipinski definition) is 4. The number of amides is 4. The number of methoxy groups -OCH3 is 1. The van der Waals surface area contributed by atoms with E-state index in [1.165, 1.54) is 20.0 Å². The van der Waals surface area contributed by atoms with Crippen molar-refractivity contribution < 1.29 is 28.7 Å². The number of nitrogens with one attached hydrogen (secondary N) is 4. The van der Waals surface area contributed by atoms with Crippen LogP contribution in [0.4, 0.5) is 9.59 Å². The predicted octanol–water partition coefficient (Wildman–Crippen LogP) is 10.4. The quantitative estimate of drug-likeness (QED) is 0.0885. The molecule has 70 heavy (non-hydrogen) atoms. The Kier molecular flexibility index (Phi) is 12.2. The van der Waals surface area contributed by atoms with Crippen molar-refractivity contribution >= 4 is 34.8 Å². The van der Waals surface area contributed by atoms with Crippen LogP contribution in [-0.2, 0) is 19.1 Å². The lowest BCUT2D eigenvalue weighted by molar-refractivity contribution is -0.139. The molecule has 2 saturated heterocycles. The van der Waals surface area contributed by atoms with E-state index >= 15 is 0 Å². The number of carbonyl (C=O) groups excluding carboxylic acids is 4. The Morgan fingerprint density at radius 3 is 2.11 bits per heavy atom. The van der Waals surface area contributed by atoms with Gasteiger partial charge in [-0.3, -0.25) is 9.59 Å². The van der Waals surface area contributed by atoms with Crippen molar-refractivity contribution in [2.75, 3.05) is 20.3 Å². The molecule has 2 bridgehead atoms. The van der Waals surface area contributed by atoms with Gasteiger partial charge in [-0.15, -0.1) is 0 Å². The molecular formula is C56H62N8O6. The third kappa shape index (κ3) is 8.92. The van der Waals surface area contributed by atoms with Gasteiger partial charge in [0.15, 0.2) is 0 Å². The van der Waals surface area contributed by atoms with Crippen LogP contribution in [0.25, 0.3) is 44.4 Å². The number of benzene rings is 4. The molecule has 3 saturated carbocycles. The Hall–Kier alpha value is -6.96. The van der Waals surface area contributed by atoms with Crippen molar-refractivity contribution in [1.29, 1.82) is 0 Å². The molecule has 1 unspecified atom stereocenters. The largest absolute Gasteiger partial charge is 0.453 e. The molecule has 0 radical (unpaired) electrons. The number of carbonyl (C=O) groups is 4. The van der Waals surface area contributed by atoms with Crippen molar-refractivity contribution in [3.63, 3.8) is 0 Å². The monoisotopic (exact) mass is 942 g/mol. The van der Waals surface area contributed by atoms with Crippen molar-refractivity contribution in [2.24, 2.45) is 23.2 Å². The Labute approximate surface area is 408 Å². The first-order chi connectivity index (χ1) is 34.0. The first-order valence-electron chi connectivity index (χ1n) is 25.2. The van der Waals surface area contributed by atoms with Crippen molar-refractivity contribution in [3.05, 3.63) is 121 Å². The maximum atomic E-state index is 14.3. The number of alkyl carbamates (subject to hydrolysis) is 2. The van der Waals surface area contributed by atoms with E-state index in [4.69, 9.17) is 19.4 Å². The van der Waals surface area contributed by atoms with Gasteiger partial charge in [0.05, 0.1) is 49.6 Å². The lowest BCUT2D eigenvalue weighted by atomic mass is 9.95. The number of aromatic nitrogens is 4. The molecule has 5 fully saturated rings. The summed E-state index contributed by atoms with van der Waals surface area (Å²) in [6, 6.07) is 28.8. The van der Waals surface area contributed by atoms with E-state index in [0.717, 1.165) is 107 Å². The molecule has 4 aromatic carbocycles. The van der Waals surface area contributed by atoms with Gasteiger partial charge in [-0.05, 0) is 120 Å². The van der Waals surface area contributed by atoms with Crippen molar-refractivity contribution in [1.82, 2.24) is 40.4 Å². The summed E-state index contributed by atoms with van der Waals surface area (Å²) >= 11 is 0. The smallest absolute Gasteiger partial charge is 0.407 e. The summed E-state index contributed by atoms with van der Waals surface area (Å²) in [5.74, 6) is 1.91. The summed E-state index contributed by atoms with van der Waals surface area (Å²) in [4.78, 5) is 74.8. The number of hydrogen-bond acceptors (Lipinski definition) is 8. The number of nitrogens with zero attached hydrogens (tertiary/aromatic N) is 4. The number of aromatic amines is 2. The Morgan fingerprint density at radius 2 is 1.40 bits per heavy atom. The Bertz CT molecular complexity index is 2900. The summed E-state index contributed by atoms with van der Waals surface area (Å²) < 4.78 is 10.5. The summed E-state index contributed by atoms with van der Waals surface area (Å²) in [6.45, 7) is 4.97. The second-order valence-electron chi connectivity index (χ2n) is 20.9. The van der Waals surface area contributed by atoms with E-state index in [1.807, 2.05) is 66.4 Å². The lowest BCUT2D eigenvalue weighted by Gasteiger charge is -2.37. The number of imidazole rings is 2. The van der Waals surface area contributed by atoms with Crippen molar-refractivity contribution in [3.8, 4) is 33.6 Å². The molecule has 14 nitrogen and oxygen atoms in total. The fourth-order valence-electron chi connectivity index (χ4n) is 11.9.